The molecule has 2 aromatic rings. The Morgan fingerprint density at radius 1 is 1.24 bits per heavy atom. The zero-order valence-electron chi connectivity index (χ0n) is 12.9. The number of rotatable bonds is 4. The molecule has 0 saturated carbocycles. The van der Waals surface area contributed by atoms with E-state index < -0.39 is 0 Å². The minimum Gasteiger partial charge on any atom is -0.338 e. The zero-order valence-corrected chi connectivity index (χ0v) is 12.9. The van der Waals surface area contributed by atoms with Crippen molar-refractivity contribution >= 4 is 16.7 Å². The second-order valence-corrected chi connectivity index (χ2v) is 5.84. The van der Waals surface area contributed by atoms with E-state index in [1.807, 2.05) is 6.92 Å². The fourth-order valence-corrected chi connectivity index (χ4v) is 2.49. The highest BCUT2D eigenvalue weighted by Crippen LogP contribution is 2.17. The van der Waals surface area contributed by atoms with Crippen LogP contribution in [0.15, 0.2) is 29.1 Å². The summed E-state index contributed by atoms with van der Waals surface area (Å²) in [6.07, 6.45) is 0.920. The third-order valence-electron chi connectivity index (χ3n) is 3.69. The van der Waals surface area contributed by atoms with E-state index in [-0.39, 0.29) is 17.5 Å². The summed E-state index contributed by atoms with van der Waals surface area (Å²) in [5, 5.41) is 7.44. The first-order chi connectivity index (χ1) is 9.91. The fourth-order valence-electron chi connectivity index (χ4n) is 2.49. The molecule has 1 amide bonds. The maximum atomic E-state index is 12.6. The molecule has 0 aliphatic heterocycles. The van der Waals surface area contributed by atoms with E-state index in [2.05, 4.69) is 24.0 Å². The number of carbonyl (C=O) groups excluding carboxylic acids is 1. The van der Waals surface area contributed by atoms with Crippen LogP contribution in [0.5, 0.6) is 0 Å². The Bertz CT molecular complexity index is 706. The van der Waals surface area contributed by atoms with E-state index in [4.69, 9.17) is 0 Å². The first kappa shape index (κ1) is 15.2. The van der Waals surface area contributed by atoms with Crippen LogP contribution in [0.25, 0.3) is 10.8 Å². The van der Waals surface area contributed by atoms with Crippen molar-refractivity contribution < 1.29 is 4.79 Å². The molecule has 0 fully saturated rings. The van der Waals surface area contributed by atoms with Gasteiger partial charge in [0.05, 0.1) is 5.39 Å². The van der Waals surface area contributed by atoms with Crippen LogP contribution in [0, 0.1) is 5.92 Å². The lowest BCUT2D eigenvalue weighted by Crippen LogP contribution is -2.37. The summed E-state index contributed by atoms with van der Waals surface area (Å²) in [4.78, 5) is 26.1. The van der Waals surface area contributed by atoms with E-state index in [1.165, 1.54) is 0 Å². The Balaban J connectivity index is 2.40. The van der Waals surface area contributed by atoms with Gasteiger partial charge in [0.1, 0.15) is 0 Å². The molecule has 0 bridgehead atoms. The highest BCUT2D eigenvalue weighted by Gasteiger charge is 2.22. The summed E-state index contributed by atoms with van der Waals surface area (Å²) in [5.74, 6) is 0.339. The molecule has 112 valence electrons. The predicted molar refractivity (Wildman–Crippen MR) is 83.4 cm³/mol. The number of amides is 1. The largest absolute Gasteiger partial charge is 0.338 e. The third-order valence-corrected chi connectivity index (χ3v) is 3.69. The molecule has 1 aromatic heterocycles. The molecule has 1 N–H and O–H groups in total. The number of nitrogens with zero attached hydrogens (tertiary/aromatic N) is 2. The lowest BCUT2D eigenvalue weighted by atomic mass is 10.0. The average Bonchev–Trinajstić information content (AvgIpc) is 2.46. The van der Waals surface area contributed by atoms with Crippen LogP contribution in [-0.2, 0) is 0 Å². The van der Waals surface area contributed by atoms with Crippen LogP contribution in [0.3, 0.4) is 0 Å². The number of hydrogen-bond donors (Lipinski definition) is 1. The number of carbonyl (C=O) groups is 1. The molecule has 0 spiro atoms. The van der Waals surface area contributed by atoms with Gasteiger partial charge in [0.15, 0.2) is 5.69 Å². The SMILES string of the molecule is CC(C)C[C@@H](C)N(C)C(=O)c1n[nH]c(=O)c2ccccc12. The maximum absolute atomic E-state index is 12.6. The molecule has 0 saturated heterocycles. The van der Waals surface area contributed by atoms with Gasteiger partial charge < -0.3 is 4.90 Å². The van der Waals surface area contributed by atoms with E-state index in [9.17, 15) is 9.59 Å². The van der Waals surface area contributed by atoms with E-state index in [0.717, 1.165) is 6.42 Å². The molecule has 2 rings (SSSR count). The van der Waals surface area contributed by atoms with Crippen molar-refractivity contribution in [1.29, 1.82) is 0 Å². The minimum atomic E-state index is -0.278. The molecular formula is C16H21N3O2. The number of hydrogen-bond acceptors (Lipinski definition) is 3. The van der Waals surface area contributed by atoms with Crippen LogP contribution >= 0.6 is 0 Å². The molecule has 1 heterocycles. The molecule has 21 heavy (non-hydrogen) atoms. The fraction of sp³-hybridized carbons (Fsp3) is 0.438. The lowest BCUT2D eigenvalue weighted by molar-refractivity contribution is 0.0723. The Labute approximate surface area is 124 Å². The van der Waals surface area contributed by atoms with Crippen LogP contribution in [-0.4, -0.2) is 34.1 Å². The monoisotopic (exact) mass is 287 g/mol. The average molecular weight is 287 g/mol. The van der Waals surface area contributed by atoms with Gasteiger partial charge in [-0.1, -0.05) is 32.0 Å². The van der Waals surface area contributed by atoms with Gasteiger partial charge >= 0.3 is 0 Å². The normalized spacial score (nSPS) is 12.6. The number of aromatic nitrogens is 2. The van der Waals surface area contributed by atoms with Gasteiger partial charge in [-0.25, -0.2) is 5.10 Å². The van der Waals surface area contributed by atoms with Crippen molar-refractivity contribution in [1.82, 2.24) is 15.1 Å². The van der Waals surface area contributed by atoms with Gasteiger partial charge in [-0.15, -0.1) is 0 Å². The molecule has 1 atom stereocenters. The number of fused-ring (bicyclic) bond motifs is 1. The quantitative estimate of drug-likeness (QED) is 0.939. The molecule has 5 heteroatoms. The molecular weight excluding hydrogens is 266 g/mol. The molecule has 0 aliphatic rings. The second kappa shape index (κ2) is 6.08. The van der Waals surface area contributed by atoms with Crippen molar-refractivity contribution in [3.8, 4) is 0 Å². The first-order valence-corrected chi connectivity index (χ1v) is 7.16. The maximum Gasteiger partial charge on any atom is 0.274 e. The minimum absolute atomic E-state index is 0.116. The Morgan fingerprint density at radius 2 is 1.86 bits per heavy atom. The lowest BCUT2D eigenvalue weighted by Gasteiger charge is -2.26. The highest BCUT2D eigenvalue weighted by molar-refractivity contribution is 6.04. The van der Waals surface area contributed by atoms with Crippen molar-refractivity contribution in [2.75, 3.05) is 7.05 Å². The smallest absolute Gasteiger partial charge is 0.274 e. The van der Waals surface area contributed by atoms with Gasteiger partial charge in [-0.3, -0.25) is 9.59 Å². The predicted octanol–water partition coefficient (Wildman–Crippen LogP) is 2.43. The summed E-state index contributed by atoms with van der Waals surface area (Å²) >= 11 is 0. The van der Waals surface area contributed by atoms with E-state index in [1.54, 1.807) is 36.2 Å². The van der Waals surface area contributed by atoms with E-state index in [0.29, 0.717) is 22.4 Å². The van der Waals surface area contributed by atoms with Crippen LogP contribution in [0.2, 0.25) is 0 Å². The third kappa shape index (κ3) is 3.12. The summed E-state index contributed by atoms with van der Waals surface area (Å²) in [7, 11) is 1.77. The Morgan fingerprint density at radius 3 is 2.48 bits per heavy atom. The Hall–Kier alpha value is -2.17. The van der Waals surface area contributed by atoms with Crippen molar-refractivity contribution in [3.63, 3.8) is 0 Å². The summed E-state index contributed by atoms with van der Waals surface area (Å²) in [5.41, 5.74) is 0.0170. The Kier molecular flexibility index (Phi) is 4.40. The molecule has 0 aliphatic carbocycles. The summed E-state index contributed by atoms with van der Waals surface area (Å²) < 4.78 is 0. The zero-order chi connectivity index (χ0) is 15.6. The van der Waals surface area contributed by atoms with Gasteiger partial charge in [-0.2, -0.15) is 5.10 Å². The van der Waals surface area contributed by atoms with Crippen molar-refractivity contribution in [3.05, 3.63) is 40.3 Å². The van der Waals surface area contributed by atoms with Crippen molar-refractivity contribution in [2.24, 2.45) is 5.92 Å². The van der Waals surface area contributed by atoms with Crippen LogP contribution in [0.4, 0.5) is 0 Å². The molecule has 5 nitrogen and oxygen atoms in total. The summed E-state index contributed by atoms with van der Waals surface area (Å²) in [6, 6.07) is 7.15. The standard InChI is InChI=1S/C16H21N3O2/c1-10(2)9-11(3)19(4)16(21)14-12-7-5-6-8-13(12)15(20)18-17-14/h5-8,10-11H,9H2,1-4H3,(H,18,20)/t11-/m1/s1. The second-order valence-electron chi connectivity index (χ2n) is 5.84. The highest BCUT2D eigenvalue weighted by atomic mass is 16.2. The molecule has 1 aromatic carbocycles. The van der Waals surface area contributed by atoms with Gasteiger partial charge in [0.25, 0.3) is 11.5 Å². The van der Waals surface area contributed by atoms with Gasteiger partial charge in [-0.05, 0) is 25.3 Å². The number of benzene rings is 1. The van der Waals surface area contributed by atoms with Gasteiger partial charge in [0, 0.05) is 18.5 Å². The molecule has 0 unspecified atom stereocenters. The number of H-pyrrole nitrogens is 1. The first-order valence-electron chi connectivity index (χ1n) is 7.16. The van der Waals surface area contributed by atoms with Gasteiger partial charge in [0.2, 0.25) is 0 Å². The number of aromatic amines is 1. The van der Waals surface area contributed by atoms with Crippen molar-refractivity contribution in [2.45, 2.75) is 33.2 Å². The van der Waals surface area contributed by atoms with Crippen LogP contribution < -0.4 is 5.56 Å². The molecule has 0 radical (unpaired) electrons. The van der Waals surface area contributed by atoms with Crippen LogP contribution in [0.1, 0.15) is 37.7 Å². The number of nitrogens with one attached hydrogen (secondary N) is 1. The van der Waals surface area contributed by atoms with E-state index >= 15 is 0 Å². The summed E-state index contributed by atoms with van der Waals surface area (Å²) in [6.45, 7) is 6.27. The topological polar surface area (TPSA) is 66.1 Å².